The van der Waals surface area contributed by atoms with E-state index < -0.39 is 0 Å². The molecule has 4 unspecified atom stereocenters. The Labute approximate surface area is 168 Å². The number of nitrogens with two attached hydrogens (primary N) is 1. The summed E-state index contributed by atoms with van der Waals surface area (Å²) in [4.78, 5) is 14.5. The molecule has 5 rings (SSSR count). The number of likely N-dealkylation sites (tertiary alicyclic amines) is 1. The number of hydrogen-bond acceptors (Lipinski definition) is 3. The van der Waals surface area contributed by atoms with Gasteiger partial charge in [0.2, 0.25) is 5.91 Å². The third-order valence-electron chi connectivity index (χ3n) is 8.70. The van der Waals surface area contributed by atoms with Crippen molar-refractivity contribution in [3.8, 4) is 0 Å². The van der Waals surface area contributed by atoms with Crippen molar-refractivity contribution in [2.75, 3.05) is 26.7 Å². The highest BCUT2D eigenvalue weighted by Crippen LogP contribution is 2.59. The molecule has 3 aliphatic carbocycles. The molecule has 2 N–H and O–H groups in total. The molecule has 1 saturated heterocycles. The number of hydrogen-bond donors (Lipinski definition) is 1. The topological polar surface area (TPSA) is 55.6 Å². The Morgan fingerprint density at radius 2 is 1.89 bits per heavy atom. The average molecular weight is 383 g/mol. The van der Waals surface area contributed by atoms with Crippen LogP contribution in [0.4, 0.5) is 0 Å². The summed E-state index contributed by atoms with van der Waals surface area (Å²) in [5.41, 5.74) is 7.03. The third kappa shape index (κ3) is 2.83. The normalized spacial score (nSPS) is 42.2. The average Bonchev–Trinajstić information content (AvgIpc) is 3.09. The van der Waals surface area contributed by atoms with Crippen LogP contribution in [0.1, 0.15) is 54.9 Å². The van der Waals surface area contributed by atoms with Crippen molar-refractivity contribution in [1.82, 2.24) is 4.90 Å². The zero-order chi connectivity index (χ0) is 19.5. The molecule has 4 aliphatic rings. The third-order valence-corrected chi connectivity index (χ3v) is 8.70. The lowest BCUT2D eigenvalue weighted by Gasteiger charge is -2.55. The zero-order valence-electron chi connectivity index (χ0n) is 17.3. The summed E-state index contributed by atoms with van der Waals surface area (Å²) in [6.45, 7) is 5.94. The van der Waals surface area contributed by atoms with Crippen LogP contribution in [0, 0.1) is 35.5 Å². The van der Waals surface area contributed by atoms with E-state index in [0.29, 0.717) is 17.4 Å². The summed E-state index contributed by atoms with van der Waals surface area (Å²) in [5, 5.41) is 0. The predicted octanol–water partition coefficient (Wildman–Crippen LogP) is 3.65. The van der Waals surface area contributed by atoms with E-state index in [1.807, 2.05) is 25.3 Å². The summed E-state index contributed by atoms with van der Waals surface area (Å²) in [6, 6.07) is 7.90. The number of nitrogens with zero attached hydrogens (tertiary/aromatic N) is 1. The van der Waals surface area contributed by atoms with Gasteiger partial charge in [0.15, 0.2) is 0 Å². The lowest BCUT2D eigenvalue weighted by atomic mass is 9.62. The minimum atomic E-state index is -0.357. The van der Waals surface area contributed by atoms with Gasteiger partial charge >= 0.3 is 0 Å². The van der Waals surface area contributed by atoms with Crippen molar-refractivity contribution >= 4 is 5.91 Å². The number of benzene rings is 1. The fourth-order valence-electron chi connectivity index (χ4n) is 7.31. The Morgan fingerprint density at radius 3 is 2.50 bits per heavy atom. The smallest absolute Gasteiger partial charge is 0.248 e. The molecule has 0 radical (unpaired) electrons. The summed E-state index contributed by atoms with van der Waals surface area (Å²) in [5.74, 6) is 4.58. The van der Waals surface area contributed by atoms with Crippen molar-refractivity contribution in [3.63, 3.8) is 0 Å². The second-order valence-corrected chi connectivity index (χ2v) is 10.0. The maximum absolute atomic E-state index is 11.7. The highest BCUT2D eigenvalue weighted by molar-refractivity contribution is 5.92. The molecule has 6 atom stereocenters. The van der Waals surface area contributed by atoms with Crippen LogP contribution in [-0.2, 0) is 10.3 Å². The van der Waals surface area contributed by atoms with Gasteiger partial charge in [-0.05, 0) is 67.1 Å². The fraction of sp³-hybridized carbons (Fsp3) is 0.708. The van der Waals surface area contributed by atoms with Gasteiger partial charge in [0.05, 0.1) is 0 Å². The van der Waals surface area contributed by atoms with Gasteiger partial charge in [-0.15, -0.1) is 0 Å². The van der Waals surface area contributed by atoms with E-state index in [9.17, 15) is 4.79 Å². The predicted molar refractivity (Wildman–Crippen MR) is 110 cm³/mol. The minimum absolute atomic E-state index is 0.271. The van der Waals surface area contributed by atoms with Crippen molar-refractivity contribution in [3.05, 3.63) is 35.4 Å². The van der Waals surface area contributed by atoms with Crippen molar-refractivity contribution in [2.45, 2.75) is 44.6 Å². The summed E-state index contributed by atoms with van der Waals surface area (Å²) < 4.78 is 6.34. The van der Waals surface area contributed by atoms with Crippen LogP contribution in [0.3, 0.4) is 0 Å². The van der Waals surface area contributed by atoms with E-state index in [1.165, 1.54) is 38.6 Å². The Hall–Kier alpha value is -1.39. The summed E-state index contributed by atoms with van der Waals surface area (Å²) in [6.07, 6.45) is 6.60. The number of primary amides is 1. The number of methoxy groups -OCH3 is 1. The number of amides is 1. The molecule has 1 aromatic rings. The molecule has 3 saturated carbocycles. The first-order valence-corrected chi connectivity index (χ1v) is 11.2. The van der Waals surface area contributed by atoms with Gasteiger partial charge < -0.3 is 15.4 Å². The fourth-order valence-corrected chi connectivity index (χ4v) is 7.31. The molecular weight excluding hydrogens is 348 g/mol. The van der Waals surface area contributed by atoms with Crippen molar-refractivity contribution in [2.24, 2.45) is 41.2 Å². The maximum Gasteiger partial charge on any atom is 0.248 e. The second-order valence-electron chi connectivity index (χ2n) is 10.0. The summed E-state index contributed by atoms with van der Waals surface area (Å²) >= 11 is 0. The molecule has 1 heterocycles. The molecular formula is C24H34N2O2. The van der Waals surface area contributed by atoms with Crippen molar-refractivity contribution < 1.29 is 9.53 Å². The Bertz CT molecular complexity index is 737. The van der Waals surface area contributed by atoms with E-state index in [2.05, 4.69) is 17.9 Å². The molecule has 4 nitrogen and oxygen atoms in total. The van der Waals surface area contributed by atoms with Crippen LogP contribution in [0.25, 0.3) is 0 Å². The summed E-state index contributed by atoms with van der Waals surface area (Å²) in [7, 11) is 1.86. The lowest BCUT2D eigenvalue weighted by molar-refractivity contribution is -0.170. The van der Waals surface area contributed by atoms with Crippen LogP contribution >= 0.6 is 0 Å². The number of carbonyl (C=O) groups is 1. The maximum atomic E-state index is 11.7. The van der Waals surface area contributed by atoms with Crippen LogP contribution < -0.4 is 5.73 Å². The highest BCUT2D eigenvalue weighted by atomic mass is 16.5. The molecule has 0 spiro atoms. The van der Waals surface area contributed by atoms with E-state index in [0.717, 1.165) is 42.3 Å². The highest BCUT2D eigenvalue weighted by Gasteiger charge is 2.55. The molecule has 4 heteroatoms. The van der Waals surface area contributed by atoms with Gasteiger partial charge in [-0.2, -0.15) is 0 Å². The minimum Gasteiger partial charge on any atom is -0.373 e. The number of rotatable bonds is 5. The van der Waals surface area contributed by atoms with Gasteiger partial charge in [0, 0.05) is 44.1 Å². The Morgan fingerprint density at radius 1 is 1.21 bits per heavy atom. The van der Waals surface area contributed by atoms with Crippen molar-refractivity contribution in [1.29, 1.82) is 0 Å². The number of ether oxygens (including phenoxy) is 1. The molecule has 1 aromatic carbocycles. The van der Waals surface area contributed by atoms with E-state index in [-0.39, 0.29) is 11.5 Å². The van der Waals surface area contributed by atoms with E-state index >= 15 is 0 Å². The van der Waals surface area contributed by atoms with Gasteiger partial charge in [-0.1, -0.05) is 25.5 Å². The largest absolute Gasteiger partial charge is 0.373 e. The Balaban J connectivity index is 1.37. The molecule has 152 valence electrons. The van der Waals surface area contributed by atoms with Gasteiger partial charge in [-0.25, -0.2) is 0 Å². The van der Waals surface area contributed by atoms with Gasteiger partial charge in [-0.3, -0.25) is 4.79 Å². The number of carbonyl (C=O) groups excluding carboxylic acids is 1. The number of fused-ring (bicyclic) bond motifs is 3. The Kier molecular flexibility index (Phi) is 4.55. The van der Waals surface area contributed by atoms with Crippen LogP contribution in [0.2, 0.25) is 0 Å². The lowest BCUT2D eigenvalue weighted by Crippen LogP contribution is -2.59. The molecule has 2 bridgehead atoms. The first kappa shape index (κ1) is 18.6. The SMILES string of the molecule is COC1(c2cccc(C(N)=O)c2)C2CCCC1CN(CC1C[C@@H]3C(C)[C@@H]3C1)C2. The standard InChI is InChI=1S/C24H34N2O2/c1-15-21-9-16(10-22(15)21)12-26-13-19-7-4-8-20(14-26)24(19,28-2)18-6-3-5-17(11-18)23(25)27/h3,5-6,11,15-16,19-22H,4,7-10,12-14H2,1-2H3,(H2,25,27)/t15?,16?,19?,20?,21-,22+,24?. The van der Waals surface area contributed by atoms with E-state index in [4.69, 9.17) is 10.5 Å². The van der Waals surface area contributed by atoms with Gasteiger partial charge in [0.1, 0.15) is 5.60 Å². The molecule has 1 aliphatic heterocycles. The number of piperidine rings is 1. The van der Waals surface area contributed by atoms with Crippen LogP contribution in [0.15, 0.2) is 24.3 Å². The molecule has 4 fully saturated rings. The molecule has 28 heavy (non-hydrogen) atoms. The first-order valence-electron chi connectivity index (χ1n) is 11.2. The van der Waals surface area contributed by atoms with Crippen LogP contribution in [-0.4, -0.2) is 37.6 Å². The quantitative estimate of drug-likeness (QED) is 0.846. The molecule has 0 aromatic heterocycles. The zero-order valence-corrected chi connectivity index (χ0v) is 17.3. The van der Waals surface area contributed by atoms with Gasteiger partial charge in [0.25, 0.3) is 0 Å². The van der Waals surface area contributed by atoms with Crippen LogP contribution in [0.5, 0.6) is 0 Å². The molecule has 1 amide bonds. The first-order chi connectivity index (χ1) is 13.5. The monoisotopic (exact) mass is 382 g/mol. The van der Waals surface area contributed by atoms with E-state index in [1.54, 1.807) is 0 Å². The second kappa shape index (κ2) is 6.84.